The maximum Gasteiger partial charge on any atom is 0.225 e. The van der Waals surface area contributed by atoms with Crippen LogP contribution in [0.4, 0.5) is 0 Å². The van der Waals surface area contributed by atoms with E-state index in [0.717, 1.165) is 0 Å². The van der Waals surface area contributed by atoms with Crippen molar-refractivity contribution in [1.29, 1.82) is 0 Å². The Morgan fingerprint density at radius 2 is 1.60 bits per heavy atom. The van der Waals surface area contributed by atoms with Gasteiger partial charge in [-0.15, -0.1) is 0 Å². The molecule has 0 aromatic rings. The molecular weight excluding hydrogens is 324 g/mol. The first-order valence-corrected chi connectivity index (χ1v) is 8.67. The highest BCUT2D eigenvalue weighted by atomic mass is 16.5. The lowest BCUT2D eigenvalue weighted by Gasteiger charge is -2.29. The highest BCUT2D eigenvalue weighted by Crippen LogP contribution is 2.23. The minimum absolute atomic E-state index is 0.0629. The van der Waals surface area contributed by atoms with E-state index in [1.54, 1.807) is 0 Å². The van der Waals surface area contributed by atoms with Gasteiger partial charge in [0.15, 0.2) is 0 Å². The highest BCUT2D eigenvalue weighted by molar-refractivity contribution is 5.82. The minimum atomic E-state index is -0.608. The number of carbonyl (C=O) groups is 3. The summed E-state index contributed by atoms with van der Waals surface area (Å²) in [6.07, 6.45) is 1.65. The van der Waals surface area contributed by atoms with E-state index >= 15 is 0 Å². The fourth-order valence-electron chi connectivity index (χ4n) is 2.03. The molecule has 8 heteroatoms. The van der Waals surface area contributed by atoms with Gasteiger partial charge < -0.3 is 26.8 Å². The van der Waals surface area contributed by atoms with Crippen molar-refractivity contribution < 1.29 is 19.1 Å². The van der Waals surface area contributed by atoms with Crippen LogP contribution in [-0.4, -0.2) is 49.6 Å². The lowest BCUT2D eigenvalue weighted by molar-refractivity contribution is -0.131. The summed E-state index contributed by atoms with van der Waals surface area (Å²) < 4.78 is 5.87. The van der Waals surface area contributed by atoms with Crippen LogP contribution < -0.4 is 22.1 Å². The van der Waals surface area contributed by atoms with Crippen LogP contribution in [-0.2, 0) is 19.1 Å². The number of carbonyl (C=O) groups excluding carboxylic acids is 3. The van der Waals surface area contributed by atoms with Crippen LogP contribution in [0, 0.1) is 5.41 Å². The molecule has 8 nitrogen and oxygen atoms in total. The monoisotopic (exact) mass is 358 g/mol. The van der Waals surface area contributed by atoms with Gasteiger partial charge in [0, 0.05) is 44.5 Å². The largest absolute Gasteiger partial charge is 0.375 e. The summed E-state index contributed by atoms with van der Waals surface area (Å²) in [7, 11) is 0. The normalized spacial score (nSPS) is 11.9. The molecule has 0 radical (unpaired) electrons. The number of rotatable bonds is 13. The second-order valence-corrected chi connectivity index (χ2v) is 7.35. The SMILES string of the molecule is CC(C)(CCNC(=O)CCN)OCCC(C)(C)C(=O)NCCC(N)=O. The molecule has 0 rings (SSSR count). The van der Waals surface area contributed by atoms with Gasteiger partial charge in [0.05, 0.1) is 5.60 Å². The fourth-order valence-corrected chi connectivity index (χ4v) is 2.03. The maximum absolute atomic E-state index is 12.1. The average Bonchev–Trinajstić information content (AvgIpc) is 2.46. The number of hydrogen-bond acceptors (Lipinski definition) is 5. The molecule has 0 fully saturated rings. The van der Waals surface area contributed by atoms with Gasteiger partial charge in [-0.1, -0.05) is 13.8 Å². The Bertz CT molecular complexity index is 450. The van der Waals surface area contributed by atoms with Crippen LogP contribution in [0.5, 0.6) is 0 Å². The van der Waals surface area contributed by atoms with E-state index in [-0.39, 0.29) is 24.8 Å². The number of amides is 3. The second kappa shape index (κ2) is 11.0. The van der Waals surface area contributed by atoms with Crippen LogP contribution in [0.2, 0.25) is 0 Å². The van der Waals surface area contributed by atoms with E-state index in [4.69, 9.17) is 16.2 Å². The first kappa shape index (κ1) is 23.3. The van der Waals surface area contributed by atoms with Crippen LogP contribution in [0.1, 0.15) is 53.4 Å². The average molecular weight is 358 g/mol. The molecule has 0 spiro atoms. The zero-order valence-electron chi connectivity index (χ0n) is 15.9. The van der Waals surface area contributed by atoms with Crippen molar-refractivity contribution in [2.24, 2.45) is 16.9 Å². The topological polar surface area (TPSA) is 137 Å². The smallest absolute Gasteiger partial charge is 0.225 e. The second-order valence-electron chi connectivity index (χ2n) is 7.35. The lowest BCUT2D eigenvalue weighted by Crippen LogP contribution is -2.40. The van der Waals surface area contributed by atoms with Crippen LogP contribution in [0.15, 0.2) is 0 Å². The summed E-state index contributed by atoms with van der Waals surface area (Å²) in [4.78, 5) is 34.2. The van der Waals surface area contributed by atoms with Crippen molar-refractivity contribution in [3.8, 4) is 0 Å². The van der Waals surface area contributed by atoms with Crippen molar-refractivity contribution in [3.63, 3.8) is 0 Å². The molecule has 0 aliphatic carbocycles. The fraction of sp³-hybridized carbons (Fsp3) is 0.824. The van der Waals surface area contributed by atoms with Gasteiger partial charge in [0.25, 0.3) is 0 Å². The Labute approximate surface area is 150 Å². The van der Waals surface area contributed by atoms with Gasteiger partial charge in [-0.05, 0) is 26.7 Å². The zero-order chi connectivity index (χ0) is 19.5. The van der Waals surface area contributed by atoms with Crippen LogP contribution >= 0.6 is 0 Å². The van der Waals surface area contributed by atoms with Gasteiger partial charge in [-0.25, -0.2) is 0 Å². The van der Waals surface area contributed by atoms with Crippen molar-refractivity contribution in [2.75, 3.05) is 26.2 Å². The first-order chi connectivity index (χ1) is 11.5. The van der Waals surface area contributed by atoms with Gasteiger partial charge >= 0.3 is 0 Å². The first-order valence-electron chi connectivity index (χ1n) is 8.67. The van der Waals surface area contributed by atoms with Gasteiger partial charge in [-0.2, -0.15) is 0 Å². The molecule has 6 N–H and O–H groups in total. The van der Waals surface area contributed by atoms with E-state index in [9.17, 15) is 14.4 Å². The van der Waals surface area contributed by atoms with Crippen LogP contribution in [0.25, 0.3) is 0 Å². The van der Waals surface area contributed by atoms with Crippen LogP contribution in [0.3, 0.4) is 0 Å². The molecule has 0 atom stereocenters. The molecule has 0 saturated carbocycles. The minimum Gasteiger partial charge on any atom is -0.375 e. The van der Waals surface area contributed by atoms with E-state index in [1.807, 2.05) is 27.7 Å². The van der Waals surface area contributed by atoms with Gasteiger partial charge in [0.1, 0.15) is 0 Å². The Balaban J connectivity index is 4.13. The molecule has 25 heavy (non-hydrogen) atoms. The number of ether oxygens (including phenoxy) is 1. The number of hydrogen-bond donors (Lipinski definition) is 4. The predicted octanol–water partition coefficient (Wildman–Crippen LogP) is 0.0446. The molecule has 0 aliphatic heterocycles. The predicted molar refractivity (Wildman–Crippen MR) is 96.5 cm³/mol. The lowest BCUT2D eigenvalue weighted by atomic mass is 9.88. The van der Waals surface area contributed by atoms with Crippen molar-refractivity contribution >= 4 is 17.7 Å². The molecular formula is C17H34N4O4. The van der Waals surface area contributed by atoms with Crippen molar-refractivity contribution in [3.05, 3.63) is 0 Å². The van der Waals surface area contributed by atoms with Gasteiger partial charge in [-0.3, -0.25) is 14.4 Å². The summed E-state index contributed by atoms with van der Waals surface area (Å²) >= 11 is 0. The molecule has 0 saturated heterocycles. The van der Waals surface area contributed by atoms with E-state index < -0.39 is 16.9 Å². The molecule has 0 aliphatic rings. The Morgan fingerprint density at radius 1 is 0.960 bits per heavy atom. The number of primary amides is 1. The highest BCUT2D eigenvalue weighted by Gasteiger charge is 2.28. The van der Waals surface area contributed by atoms with E-state index in [2.05, 4.69) is 10.6 Å². The third kappa shape index (κ3) is 11.5. The number of nitrogens with two attached hydrogens (primary N) is 2. The maximum atomic E-state index is 12.1. The molecule has 0 bridgehead atoms. The standard InChI is InChI=1S/C17H34N4O4/c1-16(2,15(24)21-10-6-13(19)22)8-12-25-17(3,4)7-11-20-14(23)5-9-18/h5-12,18H2,1-4H3,(H2,19,22)(H,20,23)(H,21,24). The summed E-state index contributed by atoms with van der Waals surface area (Å²) in [5.41, 5.74) is 9.35. The van der Waals surface area contributed by atoms with Gasteiger partial charge in [0.2, 0.25) is 17.7 Å². The summed E-state index contributed by atoms with van der Waals surface area (Å²) in [6.45, 7) is 9.06. The quantitative estimate of drug-likeness (QED) is 0.368. The Morgan fingerprint density at radius 3 is 2.16 bits per heavy atom. The van der Waals surface area contributed by atoms with E-state index in [0.29, 0.717) is 39.0 Å². The van der Waals surface area contributed by atoms with Crippen molar-refractivity contribution in [2.45, 2.75) is 59.0 Å². The Kier molecular flexibility index (Phi) is 10.3. The molecule has 0 heterocycles. The third-order valence-corrected chi connectivity index (χ3v) is 3.91. The molecule has 0 aromatic heterocycles. The van der Waals surface area contributed by atoms with E-state index in [1.165, 1.54) is 0 Å². The molecule has 0 unspecified atom stereocenters. The molecule has 3 amide bonds. The number of nitrogens with one attached hydrogen (secondary N) is 2. The third-order valence-electron chi connectivity index (χ3n) is 3.91. The summed E-state index contributed by atoms with van der Waals surface area (Å²) in [5, 5.41) is 5.50. The summed E-state index contributed by atoms with van der Waals surface area (Å²) in [5.74, 6) is -0.641. The molecule has 146 valence electrons. The zero-order valence-corrected chi connectivity index (χ0v) is 15.9. The van der Waals surface area contributed by atoms with Crippen molar-refractivity contribution in [1.82, 2.24) is 10.6 Å². The summed E-state index contributed by atoms with van der Waals surface area (Å²) in [6, 6.07) is 0. The Hall–Kier alpha value is -1.67. The molecule has 0 aromatic carbocycles.